The molecule has 20 heavy (non-hydrogen) atoms. The van der Waals surface area contributed by atoms with Gasteiger partial charge in [0.05, 0.1) is 5.69 Å². The Balaban J connectivity index is 1.83. The molecular weight excluding hydrogens is 378 g/mol. The number of anilines is 1. The van der Waals surface area contributed by atoms with Gasteiger partial charge < -0.3 is 5.32 Å². The number of hydrogen-bond acceptors (Lipinski definition) is 1. The Morgan fingerprint density at radius 1 is 0.750 bits per heavy atom. The van der Waals surface area contributed by atoms with Crippen LogP contribution in [0.4, 0.5) is 5.69 Å². The summed E-state index contributed by atoms with van der Waals surface area (Å²) >= 11 is 7.14. The van der Waals surface area contributed by atoms with Crippen molar-refractivity contribution in [3.05, 3.63) is 75.2 Å². The molecule has 0 aliphatic heterocycles. The fourth-order valence-electron chi connectivity index (χ4n) is 2.21. The van der Waals surface area contributed by atoms with Crippen molar-refractivity contribution in [1.29, 1.82) is 0 Å². The van der Waals surface area contributed by atoms with Crippen LogP contribution in [0, 0.1) is 0 Å². The van der Waals surface area contributed by atoms with E-state index in [1.54, 1.807) is 0 Å². The number of halogens is 2. The molecule has 3 aromatic rings. The molecule has 0 aliphatic carbocycles. The van der Waals surface area contributed by atoms with E-state index < -0.39 is 0 Å². The Labute approximate surface area is 135 Å². The van der Waals surface area contributed by atoms with Crippen LogP contribution in [0.15, 0.2) is 69.6 Å². The van der Waals surface area contributed by atoms with Gasteiger partial charge >= 0.3 is 0 Å². The maximum Gasteiger partial charge on any atom is 0.0631 e. The van der Waals surface area contributed by atoms with Crippen molar-refractivity contribution >= 4 is 48.3 Å². The highest BCUT2D eigenvalue weighted by Crippen LogP contribution is 2.31. The van der Waals surface area contributed by atoms with Gasteiger partial charge in [-0.2, -0.15) is 0 Å². The number of nitrogens with one attached hydrogen (secondary N) is 1. The van der Waals surface area contributed by atoms with Gasteiger partial charge in [-0.05, 0) is 66.4 Å². The van der Waals surface area contributed by atoms with E-state index in [4.69, 9.17) is 0 Å². The molecule has 0 aliphatic rings. The van der Waals surface area contributed by atoms with E-state index in [-0.39, 0.29) is 0 Å². The lowest BCUT2D eigenvalue weighted by Crippen LogP contribution is -2.00. The third-order valence-electron chi connectivity index (χ3n) is 3.25. The minimum atomic E-state index is 0.798. The molecular formula is C17H13Br2N. The summed E-state index contributed by atoms with van der Waals surface area (Å²) in [6.07, 6.45) is 0. The zero-order valence-electron chi connectivity index (χ0n) is 10.7. The molecule has 0 amide bonds. The van der Waals surface area contributed by atoms with Crippen molar-refractivity contribution in [2.75, 3.05) is 5.32 Å². The molecule has 0 saturated carbocycles. The highest BCUT2D eigenvalue weighted by molar-refractivity contribution is 9.11. The average Bonchev–Trinajstić information content (AvgIpc) is 2.46. The van der Waals surface area contributed by atoms with Crippen molar-refractivity contribution in [3.63, 3.8) is 0 Å². The standard InChI is InChI=1S/C17H13Br2N/c18-15-6-3-7-16(19)17(15)20-11-12-8-9-13-4-1-2-5-14(13)10-12/h1-10,20H,11H2. The molecule has 3 rings (SSSR count). The normalized spacial score (nSPS) is 10.7. The Morgan fingerprint density at radius 3 is 2.20 bits per heavy atom. The lowest BCUT2D eigenvalue weighted by molar-refractivity contribution is 1.15. The van der Waals surface area contributed by atoms with Crippen LogP contribution in [-0.4, -0.2) is 0 Å². The summed E-state index contributed by atoms with van der Waals surface area (Å²) in [7, 11) is 0. The van der Waals surface area contributed by atoms with Crippen molar-refractivity contribution in [2.24, 2.45) is 0 Å². The average molecular weight is 391 g/mol. The molecule has 0 radical (unpaired) electrons. The van der Waals surface area contributed by atoms with Gasteiger partial charge in [-0.3, -0.25) is 0 Å². The molecule has 100 valence electrons. The Bertz CT molecular complexity index is 733. The van der Waals surface area contributed by atoms with E-state index in [0.29, 0.717) is 0 Å². The predicted octanol–water partition coefficient (Wildman–Crippen LogP) is 5.98. The van der Waals surface area contributed by atoms with Crippen LogP contribution in [0.2, 0.25) is 0 Å². The summed E-state index contributed by atoms with van der Waals surface area (Å²) in [4.78, 5) is 0. The first-order valence-electron chi connectivity index (χ1n) is 6.39. The van der Waals surface area contributed by atoms with Crippen molar-refractivity contribution in [3.8, 4) is 0 Å². The van der Waals surface area contributed by atoms with E-state index in [0.717, 1.165) is 21.2 Å². The maximum atomic E-state index is 3.57. The largest absolute Gasteiger partial charge is 0.379 e. The van der Waals surface area contributed by atoms with Crippen molar-refractivity contribution in [1.82, 2.24) is 0 Å². The van der Waals surface area contributed by atoms with Crippen molar-refractivity contribution < 1.29 is 0 Å². The Morgan fingerprint density at radius 2 is 1.45 bits per heavy atom. The van der Waals surface area contributed by atoms with Crippen LogP contribution in [0.5, 0.6) is 0 Å². The predicted molar refractivity (Wildman–Crippen MR) is 93.1 cm³/mol. The number of rotatable bonds is 3. The molecule has 0 unspecified atom stereocenters. The molecule has 0 aromatic heterocycles. The number of benzene rings is 3. The fourth-order valence-corrected chi connectivity index (χ4v) is 3.48. The smallest absolute Gasteiger partial charge is 0.0631 e. The summed E-state index contributed by atoms with van der Waals surface area (Å²) in [5.74, 6) is 0. The summed E-state index contributed by atoms with van der Waals surface area (Å²) in [6, 6.07) is 21.1. The lowest BCUT2D eigenvalue weighted by atomic mass is 10.1. The van der Waals surface area contributed by atoms with Crippen LogP contribution in [0.1, 0.15) is 5.56 Å². The molecule has 0 atom stereocenters. The SMILES string of the molecule is Brc1cccc(Br)c1NCc1ccc2ccccc2c1. The minimum Gasteiger partial charge on any atom is -0.379 e. The zero-order chi connectivity index (χ0) is 13.9. The summed E-state index contributed by atoms with van der Waals surface area (Å²) in [5, 5.41) is 6.02. The molecule has 1 nitrogen and oxygen atoms in total. The quantitative estimate of drug-likeness (QED) is 0.580. The highest BCUT2D eigenvalue weighted by atomic mass is 79.9. The van der Waals surface area contributed by atoms with Gasteiger partial charge in [0.25, 0.3) is 0 Å². The lowest BCUT2D eigenvalue weighted by Gasteiger charge is -2.11. The first-order chi connectivity index (χ1) is 9.74. The van der Waals surface area contributed by atoms with E-state index in [1.807, 2.05) is 18.2 Å². The molecule has 3 heteroatoms. The second kappa shape index (κ2) is 5.98. The van der Waals surface area contributed by atoms with E-state index in [1.165, 1.54) is 16.3 Å². The Hall–Kier alpha value is -1.32. The van der Waals surface area contributed by atoms with Crippen LogP contribution in [0.3, 0.4) is 0 Å². The molecule has 1 N–H and O–H groups in total. The van der Waals surface area contributed by atoms with E-state index in [9.17, 15) is 0 Å². The first-order valence-corrected chi connectivity index (χ1v) is 7.98. The molecule has 0 saturated heterocycles. The molecule has 3 aromatic carbocycles. The van der Waals surface area contributed by atoms with Crippen LogP contribution < -0.4 is 5.32 Å². The topological polar surface area (TPSA) is 12.0 Å². The van der Waals surface area contributed by atoms with Gasteiger partial charge in [0, 0.05) is 15.5 Å². The highest BCUT2D eigenvalue weighted by Gasteiger charge is 2.04. The summed E-state index contributed by atoms with van der Waals surface area (Å²) < 4.78 is 2.13. The zero-order valence-corrected chi connectivity index (χ0v) is 13.9. The van der Waals surface area contributed by atoms with Crippen LogP contribution in [-0.2, 0) is 6.54 Å². The molecule has 0 heterocycles. The van der Waals surface area contributed by atoms with Crippen LogP contribution >= 0.6 is 31.9 Å². The van der Waals surface area contributed by atoms with Gasteiger partial charge in [-0.1, -0.05) is 42.5 Å². The summed E-state index contributed by atoms with van der Waals surface area (Å²) in [6.45, 7) is 0.798. The second-order valence-electron chi connectivity index (χ2n) is 4.63. The first kappa shape index (κ1) is 13.7. The van der Waals surface area contributed by atoms with E-state index in [2.05, 4.69) is 79.6 Å². The van der Waals surface area contributed by atoms with Gasteiger partial charge in [-0.25, -0.2) is 0 Å². The number of hydrogen-bond donors (Lipinski definition) is 1. The fraction of sp³-hybridized carbons (Fsp3) is 0.0588. The Kier molecular flexibility index (Phi) is 4.08. The molecule has 0 bridgehead atoms. The van der Waals surface area contributed by atoms with Gasteiger partial charge in [0.15, 0.2) is 0 Å². The van der Waals surface area contributed by atoms with Gasteiger partial charge in [-0.15, -0.1) is 0 Å². The number of para-hydroxylation sites is 1. The van der Waals surface area contributed by atoms with E-state index >= 15 is 0 Å². The molecule has 0 spiro atoms. The second-order valence-corrected chi connectivity index (χ2v) is 6.34. The van der Waals surface area contributed by atoms with Gasteiger partial charge in [0.1, 0.15) is 0 Å². The van der Waals surface area contributed by atoms with Crippen molar-refractivity contribution in [2.45, 2.75) is 6.54 Å². The number of fused-ring (bicyclic) bond motifs is 1. The van der Waals surface area contributed by atoms with Crippen LogP contribution in [0.25, 0.3) is 10.8 Å². The summed E-state index contributed by atoms with van der Waals surface area (Å²) in [5.41, 5.74) is 2.35. The maximum absolute atomic E-state index is 3.57. The monoisotopic (exact) mass is 389 g/mol. The van der Waals surface area contributed by atoms with Gasteiger partial charge in [0.2, 0.25) is 0 Å². The third-order valence-corrected chi connectivity index (χ3v) is 4.57. The molecule has 0 fully saturated rings. The minimum absolute atomic E-state index is 0.798. The third kappa shape index (κ3) is 2.89.